The fourth-order valence-corrected chi connectivity index (χ4v) is 2.71. The quantitative estimate of drug-likeness (QED) is 0.756. The molecule has 2 aromatic rings. The van der Waals surface area contributed by atoms with Gasteiger partial charge in [0.05, 0.1) is 12.1 Å². The molecule has 2 amide bonds. The molecule has 142 valence electrons. The van der Waals surface area contributed by atoms with Gasteiger partial charge in [-0.15, -0.1) is 0 Å². The summed E-state index contributed by atoms with van der Waals surface area (Å²) in [5.41, 5.74) is 0.795. The van der Waals surface area contributed by atoms with Gasteiger partial charge in [-0.05, 0) is 17.2 Å². The molecule has 5 nitrogen and oxygen atoms in total. The van der Waals surface area contributed by atoms with Gasteiger partial charge in [-0.2, -0.15) is 13.2 Å². The molecule has 1 aromatic heterocycles. The summed E-state index contributed by atoms with van der Waals surface area (Å²) >= 11 is 0. The van der Waals surface area contributed by atoms with E-state index in [9.17, 15) is 27.6 Å². The molecule has 0 bridgehead atoms. The number of halogens is 3. The summed E-state index contributed by atoms with van der Waals surface area (Å²) in [7, 11) is 0. The van der Waals surface area contributed by atoms with Crippen LogP contribution in [-0.2, 0) is 16.0 Å². The minimum Gasteiger partial charge on any atom is -0.293 e. The average molecular weight is 378 g/mol. The van der Waals surface area contributed by atoms with Crippen molar-refractivity contribution in [3.63, 3.8) is 0 Å². The molecule has 0 unspecified atom stereocenters. The molecule has 0 atom stereocenters. The van der Waals surface area contributed by atoms with Crippen LogP contribution in [0.25, 0.3) is 11.1 Å². The van der Waals surface area contributed by atoms with Gasteiger partial charge in [0, 0.05) is 32.5 Å². The summed E-state index contributed by atoms with van der Waals surface area (Å²) < 4.78 is 37.9. The fourth-order valence-electron chi connectivity index (χ4n) is 2.71. The number of imide groups is 1. The van der Waals surface area contributed by atoms with Gasteiger partial charge in [-0.3, -0.25) is 19.4 Å². The summed E-state index contributed by atoms with van der Waals surface area (Å²) in [6.07, 6.45) is -4.11. The van der Waals surface area contributed by atoms with Crippen molar-refractivity contribution in [2.45, 2.75) is 33.4 Å². The Morgan fingerprint density at radius 2 is 1.63 bits per heavy atom. The summed E-state index contributed by atoms with van der Waals surface area (Å²) in [5.74, 6) is -1.65. The van der Waals surface area contributed by atoms with E-state index in [4.69, 9.17) is 0 Å². The molecular weight excluding hydrogens is 361 g/mol. The Morgan fingerprint density at radius 1 is 1.00 bits per heavy atom. The maximum absolute atomic E-state index is 12.6. The van der Waals surface area contributed by atoms with E-state index in [1.165, 1.54) is 51.2 Å². The van der Waals surface area contributed by atoms with E-state index in [1.807, 2.05) is 0 Å². The number of carbonyl (C=O) groups excluding carboxylic acids is 3. The van der Waals surface area contributed by atoms with E-state index in [0.29, 0.717) is 11.1 Å². The van der Waals surface area contributed by atoms with Gasteiger partial charge in [0.1, 0.15) is 5.69 Å². The van der Waals surface area contributed by atoms with E-state index in [2.05, 4.69) is 4.98 Å². The number of anilines is 1. The Kier molecular flexibility index (Phi) is 5.78. The van der Waals surface area contributed by atoms with Gasteiger partial charge >= 0.3 is 6.18 Å². The van der Waals surface area contributed by atoms with Crippen LogP contribution >= 0.6 is 0 Å². The zero-order chi connectivity index (χ0) is 20.4. The molecule has 0 saturated carbocycles. The summed E-state index contributed by atoms with van der Waals surface area (Å²) in [4.78, 5) is 40.4. The van der Waals surface area contributed by atoms with Crippen LogP contribution in [0.2, 0.25) is 0 Å². The SMILES string of the molecule is CC(=O)c1ncc(-c2cccc(CC(F)(F)F)c2)cc1N(C(C)=O)C(C)=O. The first-order valence-corrected chi connectivity index (χ1v) is 7.98. The van der Waals surface area contributed by atoms with Crippen molar-refractivity contribution in [2.75, 3.05) is 4.90 Å². The molecule has 2 rings (SSSR count). The highest BCUT2D eigenvalue weighted by Crippen LogP contribution is 2.29. The zero-order valence-electron chi connectivity index (χ0n) is 14.9. The highest BCUT2D eigenvalue weighted by Gasteiger charge is 2.28. The number of hydrogen-bond acceptors (Lipinski definition) is 4. The Morgan fingerprint density at radius 3 is 2.15 bits per heavy atom. The molecule has 27 heavy (non-hydrogen) atoms. The van der Waals surface area contributed by atoms with Crippen LogP contribution in [0.15, 0.2) is 36.5 Å². The Hall–Kier alpha value is -3.03. The minimum atomic E-state index is -4.35. The van der Waals surface area contributed by atoms with Gasteiger partial charge in [-0.25, -0.2) is 4.90 Å². The predicted octanol–water partition coefficient (Wildman–Crippen LogP) is 3.96. The monoisotopic (exact) mass is 378 g/mol. The number of amides is 2. The maximum atomic E-state index is 12.6. The first kappa shape index (κ1) is 20.3. The number of carbonyl (C=O) groups is 3. The number of hydrogen-bond donors (Lipinski definition) is 0. The average Bonchev–Trinajstić information content (AvgIpc) is 2.52. The fraction of sp³-hybridized carbons (Fsp3) is 0.263. The standard InChI is InChI=1S/C19H17F3N2O3/c1-11(25)18-17(24(12(2)26)13(3)27)8-16(10-23-18)15-6-4-5-14(7-15)9-19(20,21)22/h4-8,10H,9H2,1-3H3. The van der Waals surface area contributed by atoms with Gasteiger partial charge in [0.25, 0.3) is 0 Å². The third-order valence-corrected chi connectivity index (χ3v) is 3.74. The molecule has 0 fully saturated rings. The Labute approximate surface area is 153 Å². The minimum absolute atomic E-state index is 0.00113. The third-order valence-electron chi connectivity index (χ3n) is 3.74. The molecule has 0 spiro atoms. The number of rotatable bonds is 4. The number of Topliss-reactive ketones (excluding diaryl/α,β-unsaturated/α-hetero) is 1. The molecule has 0 saturated heterocycles. The normalized spacial score (nSPS) is 11.2. The number of alkyl halides is 3. The van der Waals surface area contributed by atoms with E-state index < -0.39 is 30.2 Å². The van der Waals surface area contributed by atoms with Crippen molar-refractivity contribution >= 4 is 23.3 Å². The van der Waals surface area contributed by atoms with Crippen LogP contribution in [0, 0.1) is 0 Å². The summed E-state index contributed by atoms with van der Waals surface area (Å²) in [6.45, 7) is 3.58. The summed E-state index contributed by atoms with van der Waals surface area (Å²) in [6, 6.07) is 7.17. The van der Waals surface area contributed by atoms with Gasteiger partial charge in [0.2, 0.25) is 11.8 Å². The molecule has 0 radical (unpaired) electrons. The van der Waals surface area contributed by atoms with Crippen molar-refractivity contribution in [3.05, 3.63) is 47.8 Å². The second-order valence-corrected chi connectivity index (χ2v) is 6.01. The molecule has 8 heteroatoms. The highest BCUT2D eigenvalue weighted by molar-refractivity contribution is 6.16. The van der Waals surface area contributed by atoms with E-state index in [1.54, 1.807) is 6.07 Å². The second kappa shape index (κ2) is 7.69. The lowest BCUT2D eigenvalue weighted by Gasteiger charge is -2.20. The van der Waals surface area contributed by atoms with Crippen molar-refractivity contribution in [2.24, 2.45) is 0 Å². The van der Waals surface area contributed by atoms with Gasteiger partial charge < -0.3 is 0 Å². The Bertz CT molecular complexity index is 893. The van der Waals surface area contributed by atoms with Crippen molar-refractivity contribution < 1.29 is 27.6 Å². The van der Waals surface area contributed by atoms with Crippen LogP contribution in [-0.4, -0.2) is 28.8 Å². The molecular formula is C19H17F3N2O3. The first-order valence-electron chi connectivity index (χ1n) is 7.98. The number of aromatic nitrogens is 1. The van der Waals surface area contributed by atoms with E-state index in [0.717, 1.165) is 4.90 Å². The largest absolute Gasteiger partial charge is 0.393 e. The first-order chi connectivity index (χ1) is 12.5. The number of nitrogens with zero attached hydrogens (tertiary/aromatic N) is 2. The molecule has 0 aliphatic rings. The molecule has 1 aromatic carbocycles. The maximum Gasteiger partial charge on any atom is 0.393 e. The van der Waals surface area contributed by atoms with Crippen LogP contribution in [0.1, 0.15) is 36.8 Å². The second-order valence-electron chi connectivity index (χ2n) is 6.01. The van der Waals surface area contributed by atoms with E-state index in [-0.39, 0.29) is 16.9 Å². The van der Waals surface area contributed by atoms with Gasteiger partial charge in [-0.1, -0.05) is 24.3 Å². The molecule has 0 aliphatic heterocycles. The van der Waals surface area contributed by atoms with Crippen LogP contribution in [0.5, 0.6) is 0 Å². The highest BCUT2D eigenvalue weighted by atomic mass is 19.4. The summed E-state index contributed by atoms with van der Waals surface area (Å²) in [5, 5.41) is 0. The zero-order valence-corrected chi connectivity index (χ0v) is 14.9. The third kappa shape index (κ3) is 4.99. The van der Waals surface area contributed by atoms with Crippen LogP contribution in [0.4, 0.5) is 18.9 Å². The lowest BCUT2D eigenvalue weighted by Crippen LogP contribution is -2.34. The lowest BCUT2D eigenvalue weighted by molar-refractivity contribution is -0.127. The number of pyridine rings is 1. The van der Waals surface area contributed by atoms with Gasteiger partial charge in [0.15, 0.2) is 5.78 Å². The van der Waals surface area contributed by atoms with Crippen LogP contribution < -0.4 is 4.90 Å². The van der Waals surface area contributed by atoms with Crippen LogP contribution in [0.3, 0.4) is 0 Å². The van der Waals surface area contributed by atoms with Crippen molar-refractivity contribution in [1.29, 1.82) is 0 Å². The Balaban J connectivity index is 2.58. The van der Waals surface area contributed by atoms with Crippen molar-refractivity contribution in [1.82, 2.24) is 4.98 Å². The predicted molar refractivity (Wildman–Crippen MR) is 93.3 cm³/mol. The lowest BCUT2D eigenvalue weighted by atomic mass is 10.0. The number of benzene rings is 1. The van der Waals surface area contributed by atoms with Crippen molar-refractivity contribution in [3.8, 4) is 11.1 Å². The molecule has 0 N–H and O–H groups in total. The molecule has 1 heterocycles. The molecule has 0 aliphatic carbocycles. The van der Waals surface area contributed by atoms with E-state index >= 15 is 0 Å². The smallest absolute Gasteiger partial charge is 0.293 e. The topological polar surface area (TPSA) is 67.3 Å². The number of ketones is 1.